The van der Waals surface area contributed by atoms with Crippen LogP contribution in [0.2, 0.25) is 0 Å². The largest absolute Gasteiger partial charge is 0.491 e. The summed E-state index contributed by atoms with van der Waals surface area (Å²) in [7, 11) is 0. The minimum atomic E-state index is -0.839. The molecule has 40 heavy (non-hydrogen) atoms. The van der Waals surface area contributed by atoms with Crippen LogP contribution >= 0.6 is 0 Å². The van der Waals surface area contributed by atoms with Crippen LogP contribution in [0.1, 0.15) is 72.1 Å². The number of hydrogen-bond acceptors (Lipinski definition) is 3. The summed E-state index contributed by atoms with van der Waals surface area (Å²) in [4.78, 5) is 11.3. The first-order valence-corrected chi connectivity index (χ1v) is 14.1. The summed E-state index contributed by atoms with van der Waals surface area (Å²) in [5, 5.41) is 9.24. The SMILES string of the molecule is CCCCc1ccc2c(c1)C(OCCOc1ccc(C(C)C(=O)O)cc1)c1ccc(-c3ccccc3)cc1C=C2. The van der Waals surface area contributed by atoms with Crippen molar-refractivity contribution >= 4 is 18.1 Å². The maximum absolute atomic E-state index is 11.3. The van der Waals surface area contributed by atoms with Gasteiger partial charge in [0.1, 0.15) is 18.5 Å². The molecule has 5 rings (SSSR count). The van der Waals surface area contributed by atoms with Gasteiger partial charge in [-0.3, -0.25) is 4.79 Å². The maximum Gasteiger partial charge on any atom is 0.310 e. The van der Waals surface area contributed by atoms with E-state index in [-0.39, 0.29) is 6.10 Å². The third-order valence-corrected chi connectivity index (χ3v) is 7.56. The van der Waals surface area contributed by atoms with Crippen LogP contribution < -0.4 is 4.74 Å². The summed E-state index contributed by atoms with van der Waals surface area (Å²) < 4.78 is 12.6. The number of carboxylic acids is 1. The highest BCUT2D eigenvalue weighted by Gasteiger charge is 2.23. The summed E-state index contributed by atoms with van der Waals surface area (Å²) in [6.07, 6.45) is 7.57. The fourth-order valence-corrected chi connectivity index (χ4v) is 5.15. The smallest absolute Gasteiger partial charge is 0.310 e. The molecule has 1 aliphatic carbocycles. The molecule has 2 unspecified atom stereocenters. The van der Waals surface area contributed by atoms with Crippen LogP contribution in [0.15, 0.2) is 91.0 Å². The Balaban J connectivity index is 1.37. The van der Waals surface area contributed by atoms with E-state index >= 15 is 0 Å². The second kappa shape index (κ2) is 12.8. The monoisotopic (exact) mass is 532 g/mol. The number of hydrogen-bond donors (Lipinski definition) is 1. The summed E-state index contributed by atoms with van der Waals surface area (Å²) >= 11 is 0. The zero-order valence-corrected chi connectivity index (χ0v) is 23.2. The first-order valence-electron chi connectivity index (χ1n) is 14.1. The summed E-state index contributed by atoms with van der Waals surface area (Å²) in [5.74, 6) is -0.692. The Morgan fingerprint density at radius 1 is 0.825 bits per heavy atom. The number of benzene rings is 4. The standard InChI is InChI=1S/C36H36O4/c1-3-4-8-26-11-12-29-13-14-31-24-30(28-9-6-5-7-10-28)17-20-33(31)35(34(29)23-26)40-22-21-39-32-18-15-27(16-19-32)25(2)36(37)38/h5-7,9-20,23-25,35H,3-4,8,21-22H2,1-2H3,(H,37,38). The van der Waals surface area contributed by atoms with Gasteiger partial charge < -0.3 is 14.6 Å². The average Bonchev–Trinajstić information content (AvgIpc) is 3.14. The molecule has 0 bridgehead atoms. The number of fused-ring (bicyclic) bond motifs is 2. The van der Waals surface area contributed by atoms with Crippen molar-refractivity contribution in [2.45, 2.75) is 45.1 Å². The Kier molecular flexibility index (Phi) is 8.78. The van der Waals surface area contributed by atoms with Gasteiger partial charge in [-0.1, -0.05) is 98.3 Å². The number of rotatable bonds is 11. The number of aryl methyl sites for hydroxylation is 1. The van der Waals surface area contributed by atoms with Crippen LogP contribution in [0, 0.1) is 0 Å². The van der Waals surface area contributed by atoms with Gasteiger partial charge in [0.05, 0.1) is 12.5 Å². The van der Waals surface area contributed by atoms with Gasteiger partial charge in [0.25, 0.3) is 0 Å². The van der Waals surface area contributed by atoms with Gasteiger partial charge in [0.2, 0.25) is 0 Å². The lowest BCUT2D eigenvalue weighted by molar-refractivity contribution is -0.138. The van der Waals surface area contributed by atoms with Crippen molar-refractivity contribution in [2.24, 2.45) is 0 Å². The predicted molar refractivity (Wildman–Crippen MR) is 162 cm³/mol. The van der Waals surface area contributed by atoms with Crippen LogP contribution in [-0.4, -0.2) is 24.3 Å². The lowest BCUT2D eigenvalue weighted by Crippen LogP contribution is -2.14. The molecular weight excluding hydrogens is 496 g/mol. The molecule has 4 nitrogen and oxygen atoms in total. The number of ether oxygens (including phenoxy) is 2. The fraction of sp³-hybridized carbons (Fsp3) is 0.250. The molecule has 1 aliphatic rings. The van der Waals surface area contributed by atoms with E-state index < -0.39 is 11.9 Å². The lowest BCUT2D eigenvalue weighted by Gasteiger charge is -2.22. The van der Waals surface area contributed by atoms with E-state index in [1.165, 1.54) is 27.8 Å². The molecule has 0 fully saturated rings. The second-order valence-corrected chi connectivity index (χ2v) is 10.3. The Morgan fingerprint density at radius 2 is 1.60 bits per heavy atom. The van der Waals surface area contributed by atoms with Crippen molar-refractivity contribution in [2.75, 3.05) is 13.2 Å². The lowest BCUT2D eigenvalue weighted by atomic mass is 9.92. The van der Waals surface area contributed by atoms with Crippen molar-refractivity contribution < 1.29 is 19.4 Å². The van der Waals surface area contributed by atoms with Crippen LogP contribution in [0.25, 0.3) is 23.3 Å². The van der Waals surface area contributed by atoms with Gasteiger partial charge in [-0.05, 0) is 82.5 Å². The van der Waals surface area contributed by atoms with E-state index in [1.807, 2.05) is 18.2 Å². The molecule has 0 heterocycles. The zero-order chi connectivity index (χ0) is 27.9. The van der Waals surface area contributed by atoms with Crippen molar-refractivity contribution in [1.82, 2.24) is 0 Å². The van der Waals surface area contributed by atoms with Gasteiger partial charge in [-0.15, -0.1) is 0 Å². The Bertz CT molecular complexity index is 1470. The predicted octanol–water partition coefficient (Wildman–Crippen LogP) is 8.55. The molecule has 0 amide bonds. The highest BCUT2D eigenvalue weighted by Crippen LogP contribution is 2.38. The highest BCUT2D eigenvalue weighted by molar-refractivity contribution is 5.79. The van der Waals surface area contributed by atoms with E-state index in [4.69, 9.17) is 9.47 Å². The molecule has 0 aliphatic heterocycles. The van der Waals surface area contributed by atoms with Crippen molar-refractivity contribution in [1.29, 1.82) is 0 Å². The molecule has 0 spiro atoms. The third-order valence-electron chi connectivity index (χ3n) is 7.56. The number of unbranched alkanes of at least 4 members (excludes halogenated alkanes) is 1. The van der Waals surface area contributed by atoms with Crippen LogP contribution in [0.5, 0.6) is 5.75 Å². The number of aliphatic carboxylic acids is 1. The molecule has 0 aromatic heterocycles. The van der Waals surface area contributed by atoms with Gasteiger partial charge in [-0.25, -0.2) is 0 Å². The van der Waals surface area contributed by atoms with Gasteiger partial charge >= 0.3 is 5.97 Å². The molecule has 1 N–H and O–H groups in total. The molecule has 4 aromatic rings. The van der Waals surface area contributed by atoms with Gasteiger partial charge in [0, 0.05) is 0 Å². The van der Waals surface area contributed by atoms with Crippen LogP contribution in [0.3, 0.4) is 0 Å². The average molecular weight is 533 g/mol. The first-order chi connectivity index (χ1) is 19.5. The summed E-state index contributed by atoms with van der Waals surface area (Å²) in [6, 6.07) is 31.1. The van der Waals surface area contributed by atoms with Crippen molar-refractivity contribution in [3.05, 3.63) is 124 Å². The second-order valence-electron chi connectivity index (χ2n) is 10.3. The van der Waals surface area contributed by atoms with Crippen molar-refractivity contribution in [3.8, 4) is 16.9 Å². The fourth-order valence-electron chi connectivity index (χ4n) is 5.15. The molecule has 4 aromatic carbocycles. The quantitative estimate of drug-likeness (QED) is 0.197. The number of carboxylic acid groups (broad SMARTS) is 1. The topological polar surface area (TPSA) is 55.8 Å². The molecular formula is C36H36O4. The van der Waals surface area contributed by atoms with E-state index in [2.05, 4.69) is 79.7 Å². The minimum absolute atomic E-state index is 0.214. The first kappa shape index (κ1) is 27.4. The zero-order valence-electron chi connectivity index (χ0n) is 23.2. The van der Waals surface area contributed by atoms with Gasteiger partial charge in [-0.2, -0.15) is 0 Å². The van der Waals surface area contributed by atoms with Crippen molar-refractivity contribution in [3.63, 3.8) is 0 Å². The van der Waals surface area contributed by atoms with Gasteiger partial charge in [0.15, 0.2) is 0 Å². The molecule has 0 saturated heterocycles. The third kappa shape index (κ3) is 6.35. The molecule has 0 radical (unpaired) electrons. The van der Waals surface area contributed by atoms with E-state index in [0.717, 1.165) is 36.0 Å². The highest BCUT2D eigenvalue weighted by atomic mass is 16.5. The molecule has 204 valence electrons. The van der Waals surface area contributed by atoms with Crippen LogP contribution in [-0.2, 0) is 16.0 Å². The summed E-state index contributed by atoms with van der Waals surface area (Å²) in [5.41, 5.74) is 9.12. The Hall–Kier alpha value is -4.15. The minimum Gasteiger partial charge on any atom is -0.491 e. The molecule has 0 saturated carbocycles. The van der Waals surface area contributed by atoms with E-state index in [0.29, 0.717) is 19.0 Å². The normalized spacial score (nSPS) is 14.6. The number of carbonyl (C=O) groups is 1. The van der Waals surface area contributed by atoms with E-state index in [9.17, 15) is 9.90 Å². The maximum atomic E-state index is 11.3. The Labute approximate surface area is 236 Å². The molecule has 4 heteroatoms. The van der Waals surface area contributed by atoms with E-state index in [1.54, 1.807) is 19.1 Å². The van der Waals surface area contributed by atoms with Crippen LogP contribution in [0.4, 0.5) is 0 Å². The Morgan fingerprint density at radius 3 is 2.35 bits per heavy atom. The summed E-state index contributed by atoms with van der Waals surface area (Å²) in [6.45, 7) is 4.70. The molecule has 2 atom stereocenters.